The number of carbonyl (C=O) groups is 1. The molecule has 2 aromatic carbocycles. The van der Waals surface area contributed by atoms with Crippen molar-refractivity contribution >= 4 is 18.3 Å². The second kappa shape index (κ2) is 11.0. The normalized spacial score (nSPS) is 17.3. The smallest absolute Gasteiger partial charge is 0.220 e. The van der Waals surface area contributed by atoms with Gasteiger partial charge >= 0.3 is 0 Å². The molecule has 4 heteroatoms. The van der Waals surface area contributed by atoms with E-state index < -0.39 is 0 Å². The van der Waals surface area contributed by atoms with Crippen molar-refractivity contribution in [2.45, 2.75) is 38.1 Å². The van der Waals surface area contributed by atoms with Gasteiger partial charge in [0, 0.05) is 6.42 Å². The minimum atomic E-state index is 0. The van der Waals surface area contributed by atoms with E-state index in [2.05, 4.69) is 47.0 Å². The lowest BCUT2D eigenvalue weighted by atomic mass is 9.98. The predicted molar refractivity (Wildman–Crippen MR) is 110 cm³/mol. The Morgan fingerprint density at radius 3 is 2.42 bits per heavy atom. The maximum atomic E-state index is 12.5. The number of nitrogens with one attached hydrogen (secondary N) is 2. The van der Waals surface area contributed by atoms with Crippen molar-refractivity contribution in [2.24, 2.45) is 5.92 Å². The Balaban J connectivity index is 0.00000243. The van der Waals surface area contributed by atoms with Crippen LogP contribution in [-0.4, -0.2) is 19.0 Å². The molecule has 1 aliphatic rings. The number of aryl methyl sites for hydroxylation is 1. The quantitative estimate of drug-likeness (QED) is 0.725. The van der Waals surface area contributed by atoms with Crippen molar-refractivity contribution in [3.05, 3.63) is 71.8 Å². The lowest BCUT2D eigenvalue weighted by Crippen LogP contribution is -2.29. The minimum Gasteiger partial charge on any atom is -0.349 e. The van der Waals surface area contributed by atoms with Gasteiger partial charge in [-0.25, -0.2) is 0 Å². The van der Waals surface area contributed by atoms with Crippen LogP contribution in [0.5, 0.6) is 0 Å². The molecule has 2 aromatic rings. The first kappa shape index (κ1) is 20.5. The molecule has 3 rings (SSSR count). The Bertz CT molecular complexity index is 642. The number of halogens is 1. The van der Waals surface area contributed by atoms with E-state index in [0.717, 1.165) is 32.4 Å². The molecule has 1 saturated heterocycles. The fraction of sp³-hybridized carbons (Fsp3) is 0.409. The van der Waals surface area contributed by atoms with Crippen molar-refractivity contribution in [2.75, 3.05) is 13.1 Å². The van der Waals surface area contributed by atoms with Gasteiger partial charge in [-0.15, -0.1) is 12.4 Å². The molecular weight excluding hydrogens is 344 g/mol. The minimum absolute atomic E-state index is 0. The first-order valence-corrected chi connectivity index (χ1v) is 9.40. The van der Waals surface area contributed by atoms with E-state index >= 15 is 0 Å². The van der Waals surface area contributed by atoms with Crippen LogP contribution in [0, 0.1) is 5.92 Å². The highest BCUT2D eigenvalue weighted by atomic mass is 35.5. The Labute approximate surface area is 163 Å². The van der Waals surface area contributed by atoms with Crippen molar-refractivity contribution in [1.29, 1.82) is 0 Å². The van der Waals surface area contributed by atoms with E-state index in [1.54, 1.807) is 0 Å². The van der Waals surface area contributed by atoms with Crippen LogP contribution >= 0.6 is 12.4 Å². The first-order chi connectivity index (χ1) is 12.3. The summed E-state index contributed by atoms with van der Waals surface area (Å²) in [5.41, 5.74) is 2.50. The van der Waals surface area contributed by atoms with E-state index in [-0.39, 0.29) is 24.4 Å². The van der Waals surface area contributed by atoms with Crippen molar-refractivity contribution in [1.82, 2.24) is 10.6 Å². The summed E-state index contributed by atoms with van der Waals surface area (Å²) in [6.07, 6.45) is 4.70. The zero-order valence-electron chi connectivity index (χ0n) is 15.2. The van der Waals surface area contributed by atoms with E-state index in [1.807, 2.05) is 24.3 Å². The zero-order valence-corrected chi connectivity index (χ0v) is 16.0. The summed E-state index contributed by atoms with van der Waals surface area (Å²) in [7, 11) is 0. The molecular formula is C22H29ClN2O. The summed E-state index contributed by atoms with van der Waals surface area (Å²) < 4.78 is 0. The molecule has 2 N–H and O–H groups in total. The molecule has 0 bridgehead atoms. The number of rotatable bonds is 8. The van der Waals surface area contributed by atoms with Gasteiger partial charge in [0.05, 0.1) is 6.04 Å². The summed E-state index contributed by atoms with van der Waals surface area (Å²) in [5, 5.41) is 6.64. The second-order valence-corrected chi connectivity index (χ2v) is 6.95. The van der Waals surface area contributed by atoms with Crippen molar-refractivity contribution in [3.63, 3.8) is 0 Å². The van der Waals surface area contributed by atoms with Gasteiger partial charge in [-0.2, -0.15) is 0 Å². The fourth-order valence-corrected chi connectivity index (χ4v) is 3.53. The van der Waals surface area contributed by atoms with Crippen LogP contribution in [0.2, 0.25) is 0 Å². The lowest BCUT2D eigenvalue weighted by Gasteiger charge is -2.20. The third kappa shape index (κ3) is 6.47. The lowest BCUT2D eigenvalue weighted by molar-refractivity contribution is -0.122. The molecule has 2 unspecified atom stereocenters. The topological polar surface area (TPSA) is 41.1 Å². The maximum absolute atomic E-state index is 12.5. The van der Waals surface area contributed by atoms with E-state index in [9.17, 15) is 4.79 Å². The third-order valence-corrected chi connectivity index (χ3v) is 5.04. The average molecular weight is 373 g/mol. The summed E-state index contributed by atoms with van der Waals surface area (Å²) in [5.74, 6) is 0.832. The Morgan fingerprint density at radius 1 is 1.08 bits per heavy atom. The van der Waals surface area contributed by atoms with Crippen LogP contribution in [0.25, 0.3) is 0 Å². The Morgan fingerprint density at radius 2 is 1.77 bits per heavy atom. The van der Waals surface area contributed by atoms with Gasteiger partial charge in [0.1, 0.15) is 0 Å². The van der Waals surface area contributed by atoms with Crippen LogP contribution < -0.4 is 10.6 Å². The molecule has 0 spiro atoms. The largest absolute Gasteiger partial charge is 0.349 e. The third-order valence-electron chi connectivity index (χ3n) is 5.04. The molecule has 0 radical (unpaired) electrons. The van der Waals surface area contributed by atoms with Gasteiger partial charge in [0.15, 0.2) is 0 Å². The van der Waals surface area contributed by atoms with Gasteiger partial charge in [0.2, 0.25) is 5.91 Å². The van der Waals surface area contributed by atoms with Crippen LogP contribution in [0.4, 0.5) is 0 Å². The molecule has 1 heterocycles. The Kier molecular flexibility index (Phi) is 8.66. The van der Waals surface area contributed by atoms with Gasteiger partial charge in [-0.05, 0) is 55.8 Å². The van der Waals surface area contributed by atoms with Crippen molar-refractivity contribution < 1.29 is 4.79 Å². The standard InChI is InChI=1S/C22H28N2O.ClH/c25-22(14-12-19-15-16-23-17-19)24-21(20-9-5-2-6-10-20)13-11-18-7-3-1-4-8-18;/h1-10,19,21,23H,11-17H2,(H,24,25);1H. The predicted octanol–water partition coefficient (Wildman–Crippen LogP) is 4.29. The summed E-state index contributed by atoms with van der Waals surface area (Å²) in [6, 6.07) is 20.9. The maximum Gasteiger partial charge on any atom is 0.220 e. The molecule has 1 amide bonds. The number of benzene rings is 2. The van der Waals surface area contributed by atoms with E-state index in [4.69, 9.17) is 0 Å². The number of hydrogen-bond acceptors (Lipinski definition) is 2. The first-order valence-electron chi connectivity index (χ1n) is 9.40. The van der Waals surface area contributed by atoms with Gasteiger partial charge < -0.3 is 10.6 Å². The zero-order chi connectivity index (χ0) is 17.3. The van der Waals surface area contributed by atoms with Crippen LogP contribution in [-0.2, 0) is 11.2 Å². The number of carbonyl (C=O) groups excluding carboxylic acids is 1. The summed E-state index contributed by atoms with van der Waals surface area (Å²) in [4.78, 5) is 12.5. The fourth-order valence-electron chi connectivity index (χ4n) is 3.53. The molecule has 26 heavy (non-hydrogen) atoms. The van der Waals surface area contributed by atoms with E-state index in [1.165, 1.54) is 17.5 Å². The van der Waals surface area contributed by atoms with Crippen molar-refractivity contribution in [3.8, 4) is 0 Å². The summed E-state index contributed by atoms with van der Waals surface area (Å²) in [6.45, 7) is 2.15. The molecule has 1 aliphatic heterocycles. The van der Waals surface area contributed by atoms with Crippen LogP contribution in [0.1, 0.15) is 42.9 Å². The number of hydrogen-bond donors (Lipinski definition) is 2. The van der Waals surface area contributed by atoms with Gasteiger partial charge in [-0.3, -0.25) is 4.79 Å². The number of amides is 1. The molecule has 1 fully saturated rings. The molecule has 3 nitrogen and oxygen atoms in total. The highest BCUT2D eigenvalue weighted by Gasteiger charge is 2.18. The molecule has 2 atom stereocenters. The molecule has 0 saturated carbocycles. The molecule has 140 valence electrons. The molecule has 0 aromatic heterocycles. The Hall–Kier alpha value is -1.84. The molecule has 0 aliphatic carbocycles. The second-order valence-electron chi connectivity index (χ2n) is 6.95. The summed E-state index contributed by atoms with van der Waals surface area (Å²) >= 11 is 0. The monoisotopic (exact) mass is 372 g/mol. The highest BCUT2D eigenvalue weighted by molar-refractivity contribution is 5.85. The van der Waals surface area contributed by atoms with Crippen LogP contribution in [0.3, 0.4) is 0 Å². The average Bonchev–Trinajstić information content (AvgIpc) is 3.18. The highest BCUT2D eigenvalue weighted by Crippen LogP contribution is 2.20. The van der Waals surface area contributed by atoms with E-state index in [0.29, 0.717) is 12.3 Å². The van der Waals surface area contributed by atoms with Crippen LogP contribution in [0.15, 0.2) is 60.7 Å². The van der Waals surface area contributed by atoms with Gasteiger partial charge in [0.25, 0.3) is 0 Å². The van der Waals surface area contributed by atoms with Gasteiger partial charge in [-0.1, -0.05) is 60.7 Å². The SMILES string of the molecule is Cl.O=C(CCC1CCNC1)NC(CCc1ccccc1)c1ccccc1.